The lowest BCUT2D eigenvalue weighted by molar-refractivity contribution is -0.148. The molecule has 0 spiro atoms. The summed E-state index contributed by atoms with van der Waals surface area (Å²) in [6.45, 7) is 2.15. The summed E-state index contributed by atoms with van der Waals surface area (Å²) in [7, 11) is -4.48. The molecule has 13 heteroatoms. The van der Waals surface area contributed by atoms with Gasteiger partial charge in [-0.2, -0.15) is 0 Å². The number of rotatable bonds is 22. The Balaban J connectivity index is 2.37. The third-order valence-corrected chi connectivity index (χ3v) is 8.63. The van der Waals surface area contributed by atoms with Crippen molar-refractivity contribution in [2.24, 2.45) is 0 Å². The number of aliphatic hydroxyl groups excluding tert-OH is 4. The van der Waals surface area contributed by atoms with Gasteiger partial charge >= 0.3 is 13.6 Å². The van der Waals surface area contributed by atoms with Gasteiger partial charge in [-0.3, -0.25) is 9.36 Å². The summed E-state index contributed by atoms with van der Waals surface area (Å²) in [6.07, 6.45) is 7.53. The Morgan fingerprint density at radius 2 is 1.49 bits per heavy atom. The van der Waals surface area contributed by atoms with E-state index in [1.807, 2.05) is 0 Å². The van der Waals surface area contributed by atoms with Gasteiger partial charge in [0.2, 0.25) is 5.91 Å². The number of hydrogen-bond acceptors (Lipinski definition) is 9. The van der Waals surface area contributed by atoms with E-state index in [-0.39, 0.29) is 12.8 Å². The minimum absolute atomic E-state index is 0.132. The Labute approximate surface area is 232 Å². The average Bonchev–Trinajstić information content (AvgIpc) is 3.13. The summed E-state index contributed by atoms with van der Waals surface area (Å²) in [5.41, 5.74) is -1.94. The number of carboxylic acid groups (broad SMARTS) is 1. The molecule has 1 fully saturated rings. The van der Waals surface area contributed by atoms with E-state index in [0.29, 0.717) is 6.42 Å². The van der Waals surface area contributed by atoms with Crippen LogP contribution in [0, 0.1) is 0 Å². The summed E-state index contributed by atoms with van der Waals surface area (Å²) in [5.74, 6) is -1.93. The normalized spacial score (nSPS) is 25.1. The molecule has 39 heavy (non-hydrogen) atoms. The molecule has 1 rings (SSSR count). The van der Waals surface area contributed by atoms with Crippen LogP contribution < -0.4 is 10.6 Å². The zero-order chi connectivity index (χ0) is 29.5. The zero-order valence-electron chi connectivity index (χ0n) is 23.5. The van der Waals surface area contributed by atoms with Crippen LogP contribution in [0.3, 0.4) is 0 Å². The van der Waals surface area contributed by atoms with Crippen LogP contribution >= 0.6 is 7.60 Å². The molecular weight excluding hydrogens is 531 g/mol. The molecule has 8 N–H and O–H groups in total. The Morgan fingerprint density at radius 3 is 1.97 bits per heavy atom. The van der Waals surface area contributed by atoms with E-state index in [4.69, 9.17) is 4.52 Å². The van der Waals surface area contributed by atoms with Crippen LogP contribution in [0.4, 0.5) is 0 Å². The molecule has 0 aliphatic carbocycles. The van der Waals surface area contributed by atoms with Gasteiger partial charge in [-0.25, -0.2) is 4.79 Å². The van der Waals surface area contributed by atoms with Gasteiger partial charge < -0.3 is 45.6 Å². The molecular formula is C26H51N2O10P. The number of carboxylic acids is 1. The van der Waals surface area contributed by atoms with Gasteiger partial charge in [0, 0.05) is 12.5 Å². The van der Waals surface area contributed by atoms with Crippen molar-refractivity contribution >= 4 is 19.5 Å². The highest BCUT2D eigenvalue weighted by Gasteiger charge is 2.42. The zero-order valence-corrected chi connectivity index (χ0v) is 24.4. The Hall–Kier alpha value is -1.11. The molecule has 0 saturated carbocycles. The van der Waals surface area contributed by atoms with Crippen LogP contribution in [-0.2, 0) is 18.7 Å². The molecule has 7 atom stereocenters. The van der Waals surface area contributed by atoms with E-state index in [2.05, 4.69) is 17.6 Å². The monoisotopic (exact) mass is 582 g/mol. The maximum Gasteiger partial charge on any atom is 0.331 e. The molecule has 0 bridgehead atoms. The third kappa shape index (κ3) is 13.9. The topological polar surface area (TPSA) is 206 Å². The lowest BCUT2D eigenvalue weighted by Crippen LogP contribution is -2.55. The highest BCUT2D eigenvalue weighted by atomic mass is 31.2. The number of carbonyl (C=O) groups excluding carboxylic acids is 1. The second-order valence-corrected chi connectivity index (χ2v) is 12.9. The first-order valence-electron chi connectivity index (χ1n) is 14.3. The second kappa shape index (κ2) is 18.3. The Kier molecular flexibility index (Phi) is 16.9. The molecule has 0 aromatic carbocycles. The van der Waals surface area contributed by atoms with Crippen LogP contribution in [0.15, 0.2) is 0 Å². The van der Waals surface area contributed by atoms with Crippen molar-refractivity contribution in [3.8, 4) is 0 Å². The van der Waals surface area contributed by atoms with Crippen LogP contribution in [0.1, 0.15) is 97.3 Å². The first-order chi connectivity index (χ1) is 18.3. The van der Waals surface area contributed by atoms with Gasteiger partial charge in [0.15, 0.2) is 5.54 Å². The summed E-state index contributed by atoms with van der Waals surface area (Å²) in [6, 6.07) is -1.62. The highest BCUT2D eigenvalue weighted by molar-refractivity contribution is 7.52. The molecule has 0 aromatic heterocycles. The smallest absolute Gasteiger partial charge is 0.331 e. The number of unbranched alkanes of at least 4 members (excludes halogenated alkanes) is 10. The van der Waals surface area contributed by atoms with Gasteiger partial charge in [0.25, 0.3) is 0 Å². The van der Waals surface area contributed by atoms with Crippen molar-refractivity contribution in [1.82, 2.24) is 10.6 Å². The van der Waals surface area contributed by atoms with Crippen LogP contribution in [0.5, 0.6) is 0 Å². The summed E-state index contributed by atoms with van der Waals surface area (Å²) in [5, 5.41) is 54.0. The number of amides is 1. The minimum Gasteiger partial charge on any atom is -0.479 e. The van der Waals surface area contributed by atoms with Gasteiger partial charge in [-0.15, -0.1) is 0 Å². The van der Waals surface area contributed by atoms with Crippen molar-refractivity contribution in [2.75, 3.05) is 19.4 Å². The van der Waals surface area contributed by atoms with Crippen molar-refractivity contribution in [1.29, 1.82) is 0 Å². The number of hydrogen-bond donors (Lipinski definition) is 8. The SMILES string of the molecule is CCCCCCCCCCCCCC(=O)NC(C)(COP(=O)(O)C[C@H](O)C[C@H]1N[C@H](CO)[C@@H](O)[C@@H]1O)C(=O)O. The van der Waals surface area contributed by atoms with E-state index in [1.165, 1.54) is 51.9 Å². The van der Waals surface area contributed by atoms with Gasteiger partial charge in [-0.1, -0.05) is 71.1 Å². The maximum atomic E-state index is 12.5. The summed E-state index contributed by atoms with van der Waals surface area (Å²) in [4.78, 5) is 34.3. The van der Waals surface area contributed by atoms with Crippen molar-refractivity contribution in [3.63, 3.8) is 0 Å². The molecule has 230 valence electrons. The fourth-order valence-electron chi connectivity index (χ4n) is 4.70. The van der Waals surface area contributed by atoms with E-state index >= 15 is 0 Å². The highest BCUT2D eigenvalue weighted by Crippen LogP contribution is 2.44. The van der Waals surface area contributed by atoms with Crippen LogP contribution in [0.25, 0.3) is 0 Å². The molecule has 1 aliphatic heterocycles. The maximum absolute atomic E-state index is 12.5. The number of nitrogens with one attached hydrogen (secondary N) is 2. The number of aliphatic hydroxyl groups is 4. The lowest BCUT2D eigenvalue weighted by Gasteiger charge is -2.28. The largest absolute Gasteiger partial charge is 0.479 e. The van der Waals surface area contributed by atoms with Crippen molar-refractivity contribution in [3.05, 3.63) is 0 Å². The second-order valence-electron chi connectivity index (χ2n) is 11.0. The first kappa shape index (κ1) is 35.9. The van der Waals surface area contributed by atoms with Gasteiger partial charge in [0.05, 0.1) is 43.7 Å². The molecule has 1 saturated heterocycles. The number of carbonyl (C=O) groups is 2. The molecule has 1 aliphatic rings. The molecule has 1 heterocycles. The average molecular weight is 583 g/mol. The van der Waals surface area contributed by atoms with Gasteiger partial charge in [0.1, 0.15) is 0 Å². The fraction of sp³-hybridized carbons (Fsp3) is 0.923. The van der Waals surface area contributed by atoms with Gasteiger partial charge in [-0.05, 0) is 19.8 Å². The van der Waals surface area contributed by atoms with Crippen molar-refractivity contribution < 1.29 is 49.1 Å². The Bertz CT molecular complexity index is 773. The van der Waals surface area contributed by atoms with Crippen molar-refractivity contribution in [2.45, 2.75) is 133 Å². The predicted octanol–water partition coefficient (Wildman–Crippen LogP) is 1.65. The predicted molar refractivity (Wildman–Crippen MR) is 146 cm³/mol. The minimum atomic E-state index is -4.48. The van der Waals surface area contributed by atoms with E-state index < -0.39 is 74.8 Å². The Morgan fingerprint density at radius 1 is 0.974 bits per heavy atom. The van der Waals surface area contributed by atoms with E-state index in [1.54, 1.807) is 0 Å². The quantitative estimate of drug-likeness (QED) is 0.0680. The van der Waals surface area contributed by atoms with Crippen LogP contribution in [-0.4, -0.2) is 97.6 Å². The van der Waals surface area contributed by atoms with Crippen LogP contribution in [0.2, 0.25) is 0 Å². The summed E-state index contributed by atoms with van der Waals surface area (Å²) < 4.78 is 17.5. The fourth-order valence-corrected chi connectivity index (χ4v) is 5.95. The first-order valence-corrected chi connectivity index (χ1v) is 16.0. The summed E-state index contributed by atoms with van der Waals surface area (Å²) >= 11 is 0. The number of aliphatic carboxylic acids is 1. The molecule has 2 unspecified atom stereocenters. The lowest BCUT2D eigenvalue weighted by atomic mass is 10.0. The molecule has 0 aromatic rings. The molecule has 0 radical (unpaired) electrons. The van der Waals surface area contributed by atoms with E-state index in [0.717, 1.165) is 19.3 Å². The molecule has 1 amide bonds. The molecule has 12 nitrogen and oxygen atoms in total. The standard InChI is InChI=1S/C26H51N2O10P/c1-3-4-5-6-7-8-9-10-11-12-13-14-22(31)28-26(2,25(34)35)18-38-39(36,37)17-19(30)15-20-23(32)24(33)21(16-29)27-20/h19-21,23-24,27,29-30,32-33H,3-18H2,1-2H3,(H,28,31)(H,34,35)(H,36,37)/t19-,20-,21-,23-,24-,26?/m1/s1. The van der Waals surface area contributed by atoms with E-state index in [9.17, 15) is 44.6 Å². The third-order valence-electron chi connectivity index (χ3n) is 7.22.